The van der Waals surface area contributed by atoms with Crippen molar-refractivity contribution in [3.8, 4) is 39.7 Å². The maximum absolute atomic E-state index is 16.1. The summed E-state index contributed by atoms with van der Waals surface area (Å²) in [6.45, 7) is 10.8. The minimum atomic E-state index is -1.19. The zero-order valence-corrected chi connectivity index (χ0v) is 42.0. The highest BCUT2D eigenvalue weighted by Crippen LogP contribution is 2.40. The van der Waals surface area contributed by atoms with Crippen LogP contribution in [0.3, 0.4) is 0 Å². The van der Waals surface area contributed by atoms with E-state index >= 15 is 4.39 Å². The van der Waals surface area contributed by atoms with Gasteiger partial charge in [0.2, 0.25) is 11.7 Å². The number of likely N-dealkylation sites (tertiary alicyclic amines) is 1. The average molecular weight is 1020 g/mol. The molecule has 4 heterocycles. The minimum Gasteiger partial charge on any atom is -0.508 e. The van der Waals surface area contributed by atoms with Crippen LogP contribution in [0.4, 0.5) is 10.2 Å². The van der Waals surface area contributed by atoms with Crippen LogP contribution in [0.2, 0.25) is 10.0 Å². The Kier molecular flexibility index (Phi) is 15.5. The van der Waals surface area contributed by atoms with Gasteiger partial charge in [-0.15, -0.1) is 10.2 Å². The van der Waals surface area contributed by atoms with E-state index in [1.165, 1.54) is 16.7 Å². The number of benzene rings is 3. The second-order valence-corrected chi connectivity index (χ2v) is 19.7. The Hall–Kier alpha value is -7.02. The van der Waals surface area contributed by atoms with Crippen molar-refractivity contribution in [1.29, 1.82) is 0 Å². The number of aromatic nitrogens is 5. The molecule has 17 nitrogen and oxygen atoms in total. The number of H-pyrrole nitrogens is 1. The van der Waals surface area contributed by atoms with Gasteiger partial charge in [-0.25, -0.2) is 14.2 Å². The maximum Gasteiger partial charge on any atom is 0.331 e. The van der Waals surface area contributed by atoms with Gasteiger partial charge >= 0.3 is 5.97 Å². The van der Waals surface area contributed by atoms with Crippen molar-refractivity contribution in [3.63, 3.8) is 0 Å². The number of carbonyl (C=O) groups excluding carboxylic acids is 4. The molecule has 8 rings (SSSR count). The van der Waals surface area contributed by atoms with Crippen LogP contribution in [-0.4, -0.2) is 101 Å². The van der Waals surface area contributed by atoms with E-state index in [0.717, 1.165) is 0 Å². The molecule has 1 saturated carbocycles. The zero-order valence-electron chi connectivity index (χ0n) is 40.5. The highest BCUT2D eigenvalue weighted by molar-refractivity contribution is 6.33. The number of nitrogens with zero attached hydrogens (tertiary/aromatic N) is 5. The molecule has 0 unspecified atom stereocenters. The van der Waals surface area contributed by atoms with E-state index in [4.69, 9.17) is 27.9 Å². The van der Waals surface area contributed by atoms with Gasteiger partial charge in [0.05, 0.1) is 22.3 Å². The van der Waals surface area contributed by atoms with E-state index in [0.29, 0.717) is 89.0 Å². The summed E-state index contributed by atoms with van der Waals surface area (Å²) in [5.74, 6) is -2.72. The number of aromatic hydroxyl groups is 2. The van der Waals surface area contributed by atoms with Crippen LogP contribution in [0.25, 0.3) is 28.2 Å². The quantitative estimate of drug-likeness (QED) is 0.0403. The predicted molar refractivity (Wildman–Crippen MR) is 271 cm³/mol. The summed E-state index contributed by atoms with van der Waals surface area (Å²) in [6, 6.07) is 17.0. The van der Waals surface area contributed by atoms with E-state index in [1.54, 1.807) is 67.8 Å². The van der Waals surface area contributed by atoms with Gasteiger partial charge in [-0.05, 0) is 119 Å². The first-order valence-corrected chi connectivity index (χ1v) is 24.7. The molecule has 1 atom stereocenters. The third-order valence-electron chi connectivity index (χ3n) is 12.8. The predicted octanol–water partition coefficient (Wildman–Crippen LogP) is 8.45. The van der Waals surface area contributed by atoms with Gasteiger partial charge in [-0.1, -0.05) is 55.2 Å². The van der Waals surface area contributed by atoms with Crippen molar-refractivity contribution in [3.05, 3.63) is 123 Å². The summed E-state index contributed by atoms with van der Waals surface area (Å²) in [5, 5.41) is 42.4. The highest BCUT2D eigenvalue weighted by atomic mass is 35.5. The maximum atomic E-state index is 16.1. The molecule has 7 N–H and O–H groups in total. The van der Waals surface area contributed by atoms with Gasteiger partial charge in [0, 0.05) is 65.2 Å². The molecule has 1 saturated heterocycles. The molecule has 1 aliphatic heterocycles. The van der Waals surface area contributed by atoms with Crippen molar-refractivity contribution in [2.45, 2.75) is 90.4 Å². The standard InChI is InChI=1S/C52H57Cl2FN10O7/c1-6-56-50(70)47-63-62-46(38-21-36(28(2)3)43(66)23-44(38)67)65(47)35-11-10-32(40(55)20-35)26-64-16-12-30(13-17-64)48(68)61-52(14-15-52)51(71)72-27-42(31-8-7-9-34(53)18-31)60-49(69)41-19-33(24-57-41)37-22-45(59-29(4)5)58-25-39(37)54/h7-11,18-25,28-30,42,57,66-67H,6,12-17,26-27H2,1-5H3,(H,56,70)(H,58,59)(H,60,69)(H,61,68)/t42-/m1/s1. The molecule has 378 valence electrons. The van der Waals surface area contributed by atoms with Crippen LogP contribution in [0.15, 0.2) is 79.1 Å². The normalized spacial score (nSPS) is 15.0. The molecule has 6 aromatic rings. The molecule has 20 heteroatoms. The molecule has 3 aromatic carbocycles. The molecule has 72 heavy (non-hydrogen) atoms. The molecule has 3 amide bonds. The summed E-state index contributed by atoms with van der Waals surface area (Å²) in [6.07, 6.45) is 4.95. The van der Waals surface area contributed by atoms with Crippen LogP contribution >= 0.6 is 23.2 Å². The number of ether oxygens (including phenoxy) is 1. The van der Waals surface area contributed by atoms with Crippen LogP contribution in [0, 0.1) is 11.7 Å². The van der Waals surface area contributed by atoms with Gasteiger partial charge in [-0.2, -0.15) is 0 Å². The Labute approximate surface area is 425 Å². The number of pyridine rings is 1. The van der Waals surface area contributed by atoms with Crippen molar-refractivity contribution in [2.75, 3.05) is 31.6 Å². The second-order valence-electron chi connectivity index (χ2n) is 18.9. The summed E-state index contributed by atoms with van der Waals surface area (Å²) in [7, 11) is 0. The molecule has 2 aliphatic rings. The van der Waals surface area contributed by atoms with Crippen LogP contribution < -0.4 is 21.3 Å². The Balaban J connectivity index is 0.881. The molecule has 3 aromatic heterocycles. The zero-order chi connectivity index (χ0) is 51.4. The lowest BCUT2D eigenvalue weighted by atomic mass is 9.95. The number of piperidine rings is 1. The third-order valence-corrected chi connectivity index (χ3v) is 13.4. The smallest absolute Gasteiger partial charge is 0.331 e. The fraction of sp³-hybridized carbons (Fsp3) is 0.365. The number of rotatable bonds is 18. The molecule has 2 fully saturated rings. The molecule has 0 radical (unpaired) electrons. The Bertz CT molecular complexity index is 3000. The fourth-order valence-electron chi connectivity index (χ4n) is 8.76. The number of esters is 1. The van der Waals surface area contributed by atoms with Crippen LogP contribution in [0.5, 0.6) is 11.5 Å². The number of phenols is 2. The lowest BCUT2D eigenvalue weighted by Gasteiger charge is -2.32. The first-order chi connectivity index (χ1) is 34.4. The number of nitrogens with one attached hydrogen (secondary N) is 5. The van der Waals surface area contributed by atoms with Gasteiger partial charge < -0.3 is 41.2 Å². The second kappa shape index (κ2) is 21.8. The summed E-state index contributed by atoms with van der Waals surface area (Å²) >= 11 is 12.8. The van der Waals surface area contributed by atoms with E-state index in [9.17, 15) is 29.4 Å². The Morgan fingerprint density at radius 2 is 1.69 bits per heavy atom. The summed E-state index contributed by atoms with van der Waals surface area (Å²) in [4.78, 5) is 63.6. The number of halogens is 3. The highest BCUT2D eigenvalue weighted by Gasteiger charge is 2.53. The number of aromatic amines is 1. The van der Waals surface area contributed by atoms with E-state index in [2.05, 4.69) is 41.4 Å². The van der Waals surface area contributed by atoms with Crippen molar-refractivity contribution in [2.24, 2.45) is 5.92 Å². The number of anilines is 1. The van der Waals surface area contributed by atoms with Crippen LogP contribution in [-0.2, 0) is 20.9 Å². The molecule has 0 spiro atoms. The number of amides is 3. The van der Waals surface area contributed by atoms with Crippen LogP contribution in [0.1, 0.15) is 110 Å². The van der Waals surface area contributed by atoms with Gasteiger partial charge in [0.1, 0.15) is 41.0 Å². The summed E-state index contributed by atoms with van der Waals surface area (Å²) < 4.78 is 23.3. The monoisotopic (exact) mass is 1020 g/mol. The molecule has 1 aliphatic carbocycles. The minimum absolute atomic E-state index is 0.0834. The fourth-order valence-corrected chi connectivity index (χ4v) is 9.17. The van der Waals surface area contributed by atoms with E-state index in [1.807, 2.05) is 38.7 Å². The van der Waals surface area contributed by atoms with Gasteiger partial charge in [0.15, 0.2) is 5.82 Å². The number of hydrogen-bond acceptors (Lipinski definition) is 12. The first kappa shape index (κ1) is 51.3. The lowest BCUT2D eigenvalue weighted by Crippen LogP contribution is -2.49. The third kappa shape index (κ3) is 11.5. The topological polar surface area (TPSA) is 229 Å². The van der Waals surface area contributed by atoms with Crippen molar-refractivity contribution < 1.29 is 38.5 Å². The first-order valence-electron chi connectivity index (χ1n) is 23.9. The summed E-state index contributed by atoms with van der Waals surface area (Å²) in [5.41, 5.74) is 2.39. The largest absolute Gasteiger partial charge is 0.508 e. The van der Waals surface area contributed by atoms with Crippen molar-refractivity contribution >= 4 is 52.7 Å². The number of carbonyl (C=O) groups is 4. The average Bonchev–Trinajstić information content (AvgIpc) is 3.72. The molecule has 0 bridgehead atoms. The van der Waals surface area contributed by atoms with Crippen molar-refractivity contribution in [1.82, 2.24) is 45.6 Å². The Morgan fingerprint density at radius 3 is 2.38 bits per heavy atom. The SMILES string of the molecule is CCNC(=O)c1nnc(-c2cc(C(C)C)c(O)cc2O)n1-c1ccc(CN2CCC(C(=O)NC3(C(=O)OC[C@@H](NC(=O)c4cc(-c5cc(NC(C)C)ncc5Cl)c[nH]4)c4cccc(Cl)c4)CC3)CC2)c(F)c1. The van der Waals surface area contributed by atoms with E-state index < -0.39 is 41.1 Å². The number of hydrogen-bond donors (Lipinski definition) is 7. The Morgan fingerprint density at radius 1 is 0.931 bits per heavy atom. The molecular weight excluding hydrogens is 967 g/mol. The van der Waals surface area contributed by atoms with Gasteiger partial charge in [0.25, 0.3) is 11.8 Å². The number of phenolic OH excluding ortho intramolecular Hbond substituents is 2. The van der Waals surface area contributed by atoms with E-state index in [-0.39, 0.29) is 71.1 Å². The molecular formula is C52H57Cl2FN10O7. The lowest BCUT2D eigenvalue weighted by molar-refractivity contribution is -0.150. The van der Waals surface area contributed by atoms with Gasteiger partial charge in [-0.3, -0.25) is 23.9 Å².